The number of rotatable bonds is 3. The second-order valence-corrected chi connectivity index (χ2v) is 10.2. The van der Waals surface area contributed by atoms with E-state index >= 15 is 0 Å². The molecule has 8 heteroatoms. The molecular formula is C16H24N4O3S. The molecule has 0 aliphatic heterocycles. The van der Waals surface area contributed by atoms with Gasteiger partial charge in [0.25, 0.3) is 5.16 Å². The summed E-state index contributed by atoms with van der Waals surface area (Å²) in [6, 6.07) is -0.404. The van der Waals surface area contributed by atoms with Crippen molar-refractivity contribution in [2.24, 2.45) is 23.2 Å². The van der Waals surface area contributed by atoms with Crippen LogP contribution in [0.5, 0.6) is 0 Å². The number of hydrogen-bond acceptors (Lipinski definition) is 5. The molecule has 1 aromatic heterocycles. The second kappa shape index (κ2) is 5.28. The lowest BCUT2D eigenvalue weighted by molar-refractivity contribution is -0.0390. The quantitative estimate of drug-likeness (QED) is 0.828. The Kier molecular flexibility index (Phi) is 3.53. The molecule has 0 aromatic carbocycles. The van der Waals surface area contributed by atoms with E-state index in [4.69, 9.17) is 0 Å². The smallest absolute Gasteiger partial charge is 0.329 e. The van der Waals surface area contributed by atoms with Crippen molar-refractivity contribution in [1.82, 2.24) is 19.7 Å². The summed E-state index contributed by atoms with van der Waals surface area (Å²) < 4.78 is 26.7. The molecule has 0 spiro atoms. The third-order valence-corrected chi connectivity index (χ3v) is 7.72. The molecule has 1 amide bonds. The highest BCUT2D eigenvalue weighted by Crippen LogP contribution is 2.60. The van der Waals surface area contributed by atoms with Gasteiger partial charge < -0.3 is 4.90 Å². The first kappa shape index (κ1) is 16.1. The van der Waals surface area contributed by atoms with Gasteiger partial charge in [0.05, 0.1) is 5.75 Å². The molecule has 5 rings (SSSR count). The number of nitrogens with zero attached hydrogens (tertiary/aromatic N) is 4. The van der Waals surface area contributed by atoms with Crippen LogP contribution in [0.1, 0.15) is 38.5 Å². The minimum Gasteiger partial charge on any atom is -0.329 e. The zero-order valence-electron chi connectivity index (χ0n) is 14.2. The van der Waals surface area contributed by atoms with Gasteiger partial charge in [0, 0.05) is 14.1 Å². The molecule has 24 heavy (non-hydrogen) atoms. The van der Waals surface area contributed by atoms with Crippen molar-refractivity contribution in [3.8, 4) is 0 Å². The Balaban J connectivity index is 1.57. The molecule has 1 heterocycles. The Bertz CT molecular complexity index is 733. The Hall–Kier alpha value is -1.44. The molecule has 4 fully saturated rings. The number of carbonyl (C=O) groups excluding carboxylic acids is 1. The molecule has 0 saturated heterocycles. The van der Waals surface area contributed by atoms with Gasteiger partial charge in [-0.2, -0.15) is 4.68 Å². The van der Waals surface area contributed by atoms with E-state index in [0.29, 0.717) is 17.8 Å². The lowest BCUT2D eigenvalue weighted by Gasteiger charge is -2.56. The average Bonchev–Trinajstić information content (AvgIpc) is 2.94. The van der Waals surface area contributed by atoms with Crippen molar-refractivity contribution in [3.05, 3.63) is 6.33 Å². The van der Waals surface area contributed by atoms with E-state index in [1.807, 2.05) is 0 Å². The third kappa shape index (κ3) is 2.64. The average molecular weight is 352 g/mol. The van der Waals surface area contributed by atoms with Crippen LogP contribution in [0.4, 0.5) is 4.79 Å². The summed E-state index contributed by atoms with van der Waals surface area (Å²) in [7, 11) is -0.393. The Morgan fingerprint density at radius 1 is 1.21 bits per heavy atom. The topological polar surface area (TPSA) is 85.2 Å². The van der Waals surface area contributed by atoms with Crippen LogP contribution >= 0.6 is 0 Å². The first-order valence-corrected chi connectivity index (χ1v) is 10.3. The maximum atomic E-state index is 12.9. The van der Waals surface area contributed by atoms with Gasteiger partial charge in [-0.3, -0.25) is 0 Å². The molecule has 4 aliphatic rings. The fourth-order valence-corrected chi connectivity index (χ4v) is 7.33. The SMILES string of the molecule is CN(C)C(=O)n1cnc(S(=O)(=O)CC23CC4CC(CC(C4)C2)C3)n1. The first-order chi connectivity index (χ1) is 11.3. The molecule has 0 radical (unpaired) electrons. The highest BCUT2D eigenvalue weighted by molar-refractivity contribution is 7.91. The van der Waals surface area contributed by atoms with E-state index < -0.39 is 15.9 Å². The second-order valence-electron chi connectivity index (χ2n) is 8.33. The molecule has 0 N–H and O–H groups in total. The monoisotopic (exact) mass is 352 g/mol. The fourth-order valence-electron chi connectivity index (χ4n) is 5.62. The van der Waals surface area contributed by atoms with Gasteiger partial charge in [-0.25, -0.2) is 18.2 Å². The van der Waals surface area contributed by atoms with Gasteiger partial charge in [-0.15, -0.1) is 5.10 Å². The fraction of sp³-hybridized carbons (Fsp3) is 0.812. The van der Waals surface area contributed by atoms with Gasteiger partial charge in [0.2, 0.25) is 9.84 Å². The minimum atomic E-state index is -3.58. The maximum Gasteiger partial charge on any atom is 0.345 e. The van der Waals surface area contributed by atoms with E-state index in [9.17, 15) is 13.2 Å². The lowest BCUT2D eigenvalue weighted by Crippen LogP contribution is -2.49. The predicted octanol–water partition coefficient (Wildman–Crippen LogP) is 1.80. The highest BCUT2D eigenvalue weighted by Gasteiger charge is 2.52. The molecule has 1 aromatic rings. The van der Waals surface area contributed by atoms with Crippen LogP contribution in [0.2, 0.25) is 0 Å². The van der Waals surface area contributed by atoms with Crippen molar-refractivity contribution in [2.45, 2.75) is 43.7 Å². The third-order valence-electron chi connectivity index (χ3n) is 5.99. The van der Waals surface area contributed by atoms with Crippen LogP contribution in [0.25, 0.3) is 0 Å². The van der Waals surface area contributed by atoms with Crippen molar-refractivity contribution < 1.29 is 13.2 Å². The van der Waals surface area contributed by atoms with Crippen LogP contribution < -0.4 is 0 Å². The van der Waals surface area contributed by atoms with Gasteiger partial charge in [-0.05, 0) is 61.7 Å². The molecule has 4 saturated carbocycles. The summed E-state index contributed by atoms with van der Waals surface area (Å²) in [6.07, 6.45) is 8.10. The van der Waals surface area contributed by atoms with Crippen LogP contribution in [0, 0.1) is 23.2 Å². The summed E-state index contributed by atoms with van der Waals surface area (Å²) in [5.74, 6) is 2.23. The van der Waals surface area contributed by atoms with Crippen LogP contribution in [0.15, 0.2) is 11.5 Å². The molecular weight excluding hydrogens is 328 g/mol. The summed E-state index contributed by atoms with van der Waals surface area (Å²) >= 11 is 0. The van der Waals surface area contributed by atoms with Gasteiger partial charge in [0.1, 0.15) is 6.33 Å². The Labute approximate surface area is 142 Å². The first-order valence-electron chi connectivity index (χ1n) is 8.62. The van der Waals surface area contributed by atoms with Crippen LogP contribution in [0.3, 0.4) is 0 Å². The summed E-state index contributed by atoms with van der Waals surface area (Å²) in [5, 5.41) is 3.71. The summed E-state index contributed by atoms with van der Waals surface area (Å²) in [6.45, 7) is 0. The van der Waals surface area contributed by atoms with Gasteiger partial charge >= 0.3 is 6.03 Å². The molecule has 132 valence electrons. The number of hydrogen-bond donors (Lipinski definition) is 0. The standard InChI is InChI=1S/C16H24N4O3S/c1-19(2)15(21)20-10-17-14(18-20)24(22,23)9-16-6-11-3-12(7-16)5-13(4-11)8-16/h10-13H,3-9H2,1-2H3. The van der Waals surface area contributed by atoms with Crippen LogP contribution in [-0.4, -0.2) is 54.0 Å². The molecule has 4 aliphatic carbocycles. The van der Waals surface area contributed by atoms with Crippen molar-refractivity contribution in [3.63, 3.8) is 0 Å². The van der Waals surface area contributed by atoms with Gasteiger partial charge in [-0.1, -0.05) is 0 Å². The summed E-state index contributed by atoms with van der Waals surface area (Å²) in [4.78, 5) is 17.1. The van der Waals surface area contributed by atoms with Gasteiger partial charge in [0.15, 0.2) is 0 Å². The normalized spacial score (nSPS) is 34.5. The summed E-state index contributed by atoms with van der Waals surface area (Å²) in [5.41, 5.74) is -0.0927. The number of amides is 1. The largest absolute Gasteiger partial charge is 0.345 e. The van der Waals surface area contributed by atoms with E-state index in [2.05, 4.69) is 10.1 Å². The zero-order chi connectivity index (χ0) is 17.1. The van der Waals surface area contributed by atoms with E-state index in [0.717, 1.165) is 23.9 Å². The van der Waals surface area contributed by atoms with Crippen molar-refractivity contribution in [1.29, 1.82) is 0 Å². The Morgan fingerprint density at radius 2 is 1.75 bits per heavy atom. The molecule has 0 atom stereocenters. The zero-order valence-corrected chi connectivity index (χ0v) is 15.0. The molecule has 7 nitrogen and oxygen atoms in total. The minimum absolute atomic E-state index is 0.0927. The highest BCUT2D eigenvalue weighted by atomic mass is 32.2. The molecule has 0 unspecified atom stereocenters. The van der Waals surface area contributed by atoms with Crippen LogP contribution in [-0.2, 0) is 9.84 Å². The number of carbonyl (C=O) groups is 1. The lowest BCUT2D eigenvalue weighted by atomic mass is 9.50. The van der Waals surface area contributed by atoms with Crippen molar-refractivity contribution in [2.75, 3.05) is 19.8 Å². The molecule has 4 bridgehead atoms. The van der Waals surface area contributed by atoms with E-state index in [1.165, 1.54) is 30.5 Å². The van der Waals surface area contributed by atoms with E-state index in [1.54, 1.807) is 14.1 Å². The number of aromatic nitrogens is 3. The predicted molar refractivity (Wildman–Crippen MR) is 87.2 cm³/mol. The maximum absolute atomic E-state index is 12.9. The Morgan fingerprint density at radius 3 is 2.25 bits per heavy atom. The van der Waals surface area contributed by atoms with Crippen molar-refractivity contribution >= 4 is 15.9 Å². The number of sulfone groups is 1. The van der Waals surface area contributed by atoms with E-state index in [-0.39, 0.29) is 16.3 Å².